The second-order valence-electron chi connectivity index (χ2n) is 7.11. The highest BCUT2D eigenvalue weighted by Crippen LogP contribution is 2.44. The van der Waals surface area contributed by atoms with Crippen LogP contribution in [0.2, 0.25) is 0 Å². The van der Waals surface area contributed by atoms with Crippen LogP contribution in [0.5, 0.6) is 11.5 Å². The molecule has 4 unspecified atom stereocenters. The van der Waals surface area contributed by atoms with Crippen LogP contribution in [0, 0.1) is 17.8 Å². The number of hydrogen-bond donors (Lipinski definition) is 3. The first-order chi connectivity index (χ1) is 14.8. The Kier molecular flexibility index (Phi) is 6.54. The fourth-order valence-corrected chi connectivity index (χ4v) is 3.70. The summed E-state index contributed by atoms with van der Waals surface area (Å²) in [7, 11) is 1.82. The number of rotatable bonds is 9. The molecular weight excluding hydrogens is 404 g/mol. The lowest BCUT2D eigenvalue weighted by Crippen LogP contribution is -2.62. The molecule has 0 aromatic heterocycles. The topological polar surface area (TPSA) is 131 Å². The van der Waals surface area contributed by atoms with E-state index in [1.165, 1.54) is 6.92 Å². The smallest absolute Gasteiger partial charge is 0.308 e. The van der Waals surface area contributed by atoms with Crippen molar-refractivity contribution in [3.8, 4) is 11.5 Å². The minimum absolute atomic E-state index is 0.119. The Hall–Kier alpha value is -3.88. The summed E-state index contributed by atoms with van der Waals surface area (Å²) in [5.74, 6) is -4.69. The minimum Gasteiger partial charge on any atom is -0.481 e. The molecule has 1 aliphatic rings. The molecule has 9 nitrogen and oxygen atoms in total. The predicted molar refractivity (Wildman–Crippen MR) is 111 cm³/mol. The van der Waals surface area contributed by atoms with E-state index in [2.05, 4.69) is 10.6 Å². The number of hydrogen-bond acceptors (Lipinski definition) is 7. The number of nitrogens with one attached hydrogen (secondary N) is 2. The average molecular weight is 426 g/mol. The fourth-order valence-electron chi connectivity index (χ4n) is 3.70. The number of ketones is 1. The van der Waals surface area contributed by atoms with E-state index in [1.807, 2.05) is 31.3 Å². The van der Waals surface area contributed by atoms with Crippen LogP contribution >= 0.6 is 0 Å². The lowest BCUT2D eigenvalue weighted by Gasteiger charge is -2.45. The van der Waals surface area contributed by atoms with Crippen LogP contribution in [0.3, 0.4) is 0 Å². The van der Waals surface area contributed by atoms with Crippen LogP contribution in [0.25, 0.3) is 0 Å². The summed E-state index contributed by atoms with van der Waals surface area (Å²) in [6.07, 6.45) is -1.11. The van der Waals surface area contributed by atoms with E-state index in [1.54, 1.807) is 24.3 Å². The molecule has 2 aromatic carbocycles. The molecule has 31 heavy (non-hydrogen) atoms. The molecule has 3 N–H and O–H groups in total. The van der Waals surface area contributed by atoms with Gasteiger partial charge >= 0.3 is 5.97 Å². The molecule has 0 spiro atoms. The Balaban J connectivity index is 1.68. The molecule has 0 heterocycles. The van der Waals surface area contributed by atoms with Crippen molar-refractivity contribution in [2.75, 3.05) is 17.7 Å². The standard InChI is InChI=1S/C22H22N2O7/c1-12(26)17-18(22(28)29)19(20(17)30-11-25)21(27)24-14-5-9-16(10-6-14)31-15-7-3-13(23-2)4-8-15/h3-11,17-20,23H,1-2H3,(H,24,27)(H,28,29). The zero-order valence-electron chi connectivity index (χ0n) is 16.9. The van der Waals surface area contributed by atoms with Crippen LogP contribution in [-0.2, 0) is 23.9 Å². The number of aliphatic carboxylic acids is 1. The molecule has 1 saturated carbocycles. The maximum atomic E-state index is 12.7. The Labute approximate surface area is 178 Å². The third kappa shape index (κ3) is 4.66. The summed E-state index contributed by atoms with van der Waals surface area (Å²) >= 11 is 0. The molecule has 0 saturated heterocycles. The van der Waals surface area contributed by atoms with E-state index < -0.39 is 41.5 Å². The number of carboxylic acid groups (broad SMARTS) is 1. The van der Waals surface area contributed by atoms with Gasteiger partial charge in [-0.05, 0) is 55.5 Å². The summed E-state index contributed by atoms with van der Waals surface area (Å²) in [5.41, 5.74) is 1.35. The number of carbonyl (C=O) groups is 4. The SMILES string of the molecule is CNc1ccc(Oc2ccc(NC(=O)C3C(OC=O)C(C(C)=O)C3C(=O)O)cc2)cc1. The molecule has 9 heteroatoms. The van der Waals surface area contributed by atoms with E-state index in [0.717, 1.165) is 5.69 Å². The Morgan fingerprint density at radius 1 is 0.903 bits per heavy atom. The van der Waals surface area contributed by atoms with E-state index in [-0.39, 0.29) is 6.47 Å². The van der Waals surface area contributed by atoms with Crippen molar-refractivity contribution in [3.05, 3.63) is 48.5 Å². The van der Waals surface area contributed by atoms with Crippen LogP contribution in [-0.4, -0.2) is 42.4 Å². The first kappa shape index (κ1) is 21.8. The van der Waals surface area contributed by atoms with Gasteiger partial charge in [0.1, 0.15) is 23.4 Å². The van der Waals surface area contributed by atoms with Crippen molar-refractivity contribution in [1.82, 2.24) is 0 Å². The Bertz CT molecular complexity index is 972. The minimum atomic E-state index is -1.29. The molecule has 0 aliphatic heterocycles. The van der Waals surface area contributed by atoms with Crippen molar-refractivity contribution >= 4 is 35.5 Å². The quantitative estimate of drug-likeness (QED) is 0.522. The second-order valence-corrected chi connectivity index (χ2v) is 7.11. The van der Waals surface area contributed by atoms with Gasteiger partial charge in [0.25, 0.3) is 6.47 Å². The number of carbonyl (C=O) groups excluding carboxylic acids is 3. The summed E-state index contributed by atoms with van der Waals surface area (Å²) in [5, 5.41) is 15.1. The van der Waals surface area contributed by atoms with Crippen LogP contribution < -0.4 is 15.4 Å². The molecule has 162 valence electrons. The van der Waals surface area contributed by atoms with E-state index >= 15 is 0 Å². The molecule has 1 amide bonds. The van der Waals surface area contributed by atoms with Crippen molar-refractivity contribution in [2.24, 2.45) is 17.8 Å². The number of carboxylic acids is 1. The predicted octanol–water partition coefficient (Wildman–Crippen LogP) is 2.54. The van der Waals surface area contributed by atoms with E-state index in [4.69, 9.17) is 9.47 Å². The third-order valence-electron chi connectivity index (χ3n) is 5.25. The summed E-state index contributed by atoms with van der Waals surface area (Å²) in [6.45, 7) is 1.33. The molecular formula is C22H22N2O7. The highest BCUT2D eigenvalue weighted by Gasteiger charge is 2.61. The molecule has 2 aromatic rings. The average Bonchev–Trinajstić information content (AvgIpc) is 2.72. The lowest BCUT2D eigenvalue weighted by atomic mass is 9.60. The highest BCUT2D eigenvalue weighted by molar-refractivity contribution is 6.00. The zero-order valence-corrected chi connectivity index (χ0v) is 16.9. The van der Waals surface area contributed by atoms with Crippen LogP contribution in [0.1, 0.15) is 6.92 Å². The normalized spacial score (nSPS) is 21.9. The first-order valence-corrected chi connectivity index (χ1v) is 9.54. The number of benzene rings is 2. The zero-order chi connectivity index (χ0) is 22.5. The first-order valence-electron chi connectivity index (χ1n) is 9.54. The van der Waals surface area contributed by atoms with Gasteiger partial charge in [-0.3, -0.25) is 19.2 Å². The second kappa shape index (κ2) is 9.29. The van der Waals surface area contributed by atoms with Gasteiger partial charge < -0.3 is 25.2 Å². The van der Waals surface area contributed by atoms with Gasteiger partial charge in [-0.15, -0.1) is 0 Å². The van der Waals surface area contributed by atoms with Crippen molar-refractivity contribution < 1.29 is 33.8 Å². The van der Waals surface area contributed by atoms with Crippen molar-refractivity contribution in [2.45, 2.75) is 13.0 Å². The van der Waals surface area contributed by atoms with Gasteiger partial charge in [0, 0.05) is 18.4 Å². The van der Waals surface area contributed by atoms with Gasteiger partial charge in [-0.1, -0.05) is 0 Å². The number of amides is 1. The van der Waals surface area contributed by atoms with E-state index in [9.17, 15) is 24.3 Å². The van der Waals surface area contributed by atoms with Gasteiger partial charge in [0.2, 0.25) is 5.91 Å². The van der Waals surface area contributed by atoms with Gasteiger partial charge in [0.05, 0.1) is 17.8 Å². The van der Waals surface area contributed by atoms with Gasteiger partial charge in [-0.2, -0.15) is 0 Å². The maximum absolute atomic E-state index is 12.7. The number of Topliss-reactive ketones (excluding diaryl/α,β-unsaturated/α-hetero) is 1. The van der Waals surface area contributed by atoms with Gasteiger partial charge in [-0.25, -0.2) is 0 Å². The summed E-state index contributed by atoms with van der Waals surface area (Å²) < 4.78 is 10.6. The number of ether oxygens (including phenoxy) is 2. The molecule has 0 bridgehead atoms. The van der Waals surface area contributed by atoms with Crippen molar-refractivity contribution in [3.63, 3.8) is 0 Å². The molecule has 1 aliphatic carbocycles. The number of anilines is 2. The Morgan fingerprint density at radius 3 is 1.90 bits per heavy atom. The van der Waals surface area contributed by atoms with Crippen LogP contribution in [0.4, 0.5) is 11.4 Å². The van der Waals surface area contributed by atoms with Gasteiger partial charge in [0.15, 0.2) is 0 Å². The maximum Gasteiger partial charge on any atom is 0.308 e. The van der Waals surface area contributed by atoms with Crippen molar-refractivity contribution in [1.29, 1.82) is 0 Å². The van der Waals surface area contributed by atoms with Crippen LogP contribution in [0.15, 0.2) is 48.5 Å². The molecule has 1 fully saturated rings. The third-order valence-corrected chi connectivity index (χ3v) is 5.25. The fraction of sp³-hybridized carbons (Fsp3) is 0.273. The monoisotopic (exact) mass is 426 g/mol. The highest BCUT2D eigenvalue weighted by atomic mass is 16.5. The summed E-state index contributed by atoms with van der Waals surface area (Å²) in [6, 6.07) is 13.8. The molecule has 3 rings (SSSR count). The summed E-state index contributed by atoms with van der Waals surface area (Å²) in [4.78, 5) is 46.8. The largest absolute Gasteiger partial charge is 0.481 e. The Morgan fingerprint density at radius 2 is 1.45 bits per heavy atom. The molecule has 0 radical (unpaired) electrons. The molecule has 4 atom stereocenters. The lowest BCUT2D eigenvalue weighted by molar-refractivity contribution is -0.185. The van der Waals surface area contributed by atoms with E-state index in [0.29, 0.717) is 17.2 Å².